The van der Waals surface area contributed by atoms with Gasteiger partial charge in [-0.25, -0.2) is 0 Å². The summed E-state index contributed by atoms with van der Waals surface area (Å²) in [5, 5.41) is 11.9. The summed E-state index contributed by atoms with van der Waals surface area (Å²) in [4.78, 5) is 62.1. The van der Waals surface area contributed by atoms with E-state index >= 15 is 0 Å². The number of fused-ring (bicyclic) bond motifs is 2. The van der Waals surface area contributed by atoms with Gasteiger partial charge in [0, 0.05) is 68.3 Å². The average molecular weight is 723 g/mol. The first-order valence-corrected chi connectivity index (χ1v) is 17.8. The Hall–Kier alpha value is -5.23. The zero-order valence-corrected chi connectivity index (χ0v) is 29.8. The molecule has 0 unspecified atom stereocenters. The lowest BCUT2D eigenvalue weighted by atomic mass is 10.00. The molecule has 1 aromatic heterocycles. The third kappa shape index (κ3) is 9.55. The summed E-state index contributed by atoms with van der Waals surface area (Å²) in [6.07, 6.45) is 1.45. The maximum atomic E-state index is 14.2. The molecule has 52 heavy (non-hydrogen) atoms. The third-order valence-electron chi connectivity index (χ3n) is 9.28. The highest BCUT2D eigenvalue weighted by Gasteiger charge is 2.31. The summed E-state index contributed by atoms with van der Waals surface area (Å²) >= 11 is 6.08. The number of amides is 4. The fourth-order valence-corrected chi connectivity index (χ4v) is 6.55. The minimum atomic E-state index is -1.27. The summed E-state index contributed by atoms with van der Waals surface area (Å²) < 4.78 is 5.41. The number of nitrogens with one attached hydrogen (secondary N) is 4. The number of para-hydroxylation sites is 1. The molecular weight excluding hydrogens is 680 g/mol. The molecule has 0 aliphatic carbocycles. The van der Waals surface area contributed by atoms with E-state index in [1.165, 1.54) is 0 Å². The number of rotatable bonds is 14. The quantitative estimate of drug-likeness (QED) is 0.135. The molecule has 0 spiro atoms. The van der Waals surface area contributed by atoms with Crippen molar-refractivity contribution in [1.82, 2.24) is 30.7 Å². The highest BCUT2D eigenvalue weighted by molar-refractivity contribution is 6.30. The summed E-state index contributed by atoms with van der Waals surface area (Å²) in [6.45, 7) is 4.14. The van der Waals surface area contributed by atoms with Gasteiger partial charge in [-0.05, 0) is 40.1 Å². The van der Waals surface area contributed by atoms with Crippen LogP contribution in [-0.4, -0.2) is 96.9 Å². The SMILES string of the molecule is CN(Cc1ccc(Cl)cc1)C(=O)[C@H](Cc1ccc2ccccc2c1)NC(=O)[C@H](CC(=O)NCCN1CCOCC1)NC(=O)c1c[nH]c2ccccc12. The van der Waals surface area contributed by atoms with Crippen molar-refractivity contribution < 1.29 is 23.9 Å². The van der Waals surface area contributed by atoms with Crippen molar-refractivity contribution in [3.05, 3.63) is 119 Å². The van der Waals surface area contributed by atoms with Crippen molar-refractivity contribution in [2.24, 2.45) is 0 Å². The Morgan fingerprint density at radius 1 is 0.865 bits per heavy atom. The van der Waals surface area contributed by atoms with Gasteiger partial charge < -0.3 is 30.6 Å². The first-order chi connectivity index (χ1) is 25.2. The van der Waals surface area contributed by atoms with Gasteiger partial charge in [-0.15, -0.1) is 0 Å². The zero-order valence-electron chi connectivity index (χ0n) is 29.1. The molecule has 1 saturated heterocycles. The molecule has 2 heterocycles. The number of benzene rings is 4. The van der Waals surface area contributed by atoms with E-state index < -0.39 is 29.8 Å². The van der Waals surface area contributed by atoms with Crippen molar-refractivity contribution in [2.45, 2.75) is 31.5 Å². The first-order valence-electron chi connectivity index (χ1n) is 17.4. The maximum Gasteiger partial charge on any atom is 0.254 e. The molecule has 1 aliphatic rings. The second-order valence-corrected chi connectivity index (χ2v) is 13.5. The second-order valence-electron chi connectivity index (χ2n) is 13.0. The normalized spacial score (nSPS) is 14.4. The van der Waals surface area contributed by atoms with Crippen LogP contribution in [0, 0.1) is 0 Å². The summed E-state index contributed by atoms with van der Waals surface area (Å²) in [7, 11) is 1.68. The zero-order chi connectivity index (χ0) is 36.5. The van der Waals surface area contributed by atoms with E-state index in [4.69, 9.17) is 16.3 Å². The number of morpholine rings is 1. The Bertz CT molecular complexity index is 2030. The molecular formula is C40H43ClN6O5. The van der Waals surface area contributed by atoms with E-state index in [9.17, 15) is 19.2 Å². The van der Waals surface area contributed by atoms with Crippen LogP contribution in [0.15, 0.2) is 97.2 Å². The summed E-state index contributed by atoms with van der Waals surface area (Å²) in [5.74, 6) is -1.88. The molecule has 4 aromatic carbocycles. The molecule has 0 radical (unpaired) electrons. The number of aromatic nitrogens is 1. The Morgan fingerprint density at radius 3 is 2.37 bits per heavy atom. The van der Waals surface area contributed by atoms with E-state index in [1.807, 2.05) is 78.9 Å². The number of carbonyl (C=O) groups is 4. The lowest BCUT2D eigenvalue weighted by Crippen LogP contribution is -2.55. The van der Waals surface area contributed by atoms with Crippen molar-refractivity contribution in [3.8, 4) is 0 Å². The Balaban J connectivity index is 1.22. The van der Waals surface area contributed by atoms with Crippen LogP contribution in [0.4, 0.5) is 0 Å². The number of hydrogen-bond acceptors (Lipinski definition) is 6. The standard InChI is InChI=1S/C40H43ClN6O5/c1-46(26-27-11-14-31(41)15-12-27)40(51)36(23-28-10-13-29-6-2-3-7-30(29)22-28)45-39(50)35(24-37(48)42-16-17-47-18-20-52-21-19-47)44-38(49)33-25-43-34-9-5-4-8-32(33)34/h2-15,22,25,35-36,43H,16-21,23-24,26H2,1H3,(H,42,48)(H,44,49)(H,45,50)/t35-,36-/m0/s1. The van der Waals surface area contributed by atoms with Crippen molar-refractivity contribution >= 4 is 56.9 Å². The Morgan fingerprint density at radius 2 is 1.58 bits per heavy atom. The van der Waals surface area contributed by atoms with E-state index in [0.717, 1.165) is 40.5 Å². The molecule has 5 aromatic rings. The summed E-state index contributed by atoms with van der Waals surface area (Å²) in [5.41, 5.74) is 2.82. The molecule has 0 saturated carbocycles. The Kier molecular flexibility index (Phi) is 12.2. The van der Waals surface area contributed by atoms with Gasteiger partial charge in [-0.2, -0.15) is 0 Å². The molecule has 12 heteroatoms. The van der Waals surface area contributed by atoms with Gasteiger partial charge in [0.25, 0.3) is 5.91 Å². The van der Waals surface area contributed by atoms with E-state index in [2.05, 4.69) is 25.8 Å². The number of likely N-dealkylation sites (N-methyl/N-ethyl adjacent to an activating group) is 1. The predicted octanol–water partition coefficient (Wildman–Crippen LogP) is 4.30. The van der Waals surface area contributed by atoms with Crippen molar-refractivity contribution in [1.29, 1.82) is 0 Å². The fourth-order valence-electron chi connectivity index (χ4n) is 6.42. The van der Waals surface area contributed by atoms with Crippen LogP contribution < -0.4 is 16.0 Å². The Labute approximate surface area is 307 Å². The molecule has 6 rings (SSSR count). The van der Waals surface area contributed by atoms with Crippen LogP contribution in [-0.2, 0) is 32.1 Å². The van der Waals surface area contributed by atoms with Crippen LogP contribution in [0.3, 0.4) is 0 Å². The highest BCUT2D eigenvalue weighted by atomic mass is 35.5. The molecule has 2 atom stereocenters. The minimum absolute atomic E-state index is 0.190. The van der Waals surface area contributed by atoms with Crippen LogP contribution in [0.2, 0.25) is 5.02 Å². The van der Waals surface area contributed by atoms with E-state index in [0.29, 0.717) is 42.3 Å². The number of ether oxygens (including phenoxy) is 1. The maximum absolute atomic E-state index is 14.2. The molecule has 1 fully saturated rings. The number of aromatic amines is 1. The largest absolute Gasteiger partial charge is 0.379 e. The van der Waals surface area contributed by atoms with Crippen LogP contribution in [0.5, 0.6) is 0 Å². The average Bonchev–Trinajstić information content (AvgIpc) is 3.60. The number of H-pyrrole nitrogens is 1. The number of hydrogen-bond donors (Lipinski definition) is 4. The molecule has 0 bridgehead atoms. The molecule has 11 nitrogen and oxygen atoms in total. The highest BCUT2D eigenvalue weighted by Crippen LogP contribution is 2.20. The predicted molar refractivity (Wildman–Crippen MR) is 202 cm³/mol. The smallest absolute Gasteiger partial charge is 0.254 e. The van der Waals surface area contributed by atoms with Gasteiger partial charge in [-0.3, -0.25) is 24.1 Å². The first kappa shape index (κ1) is 36.6. The summed E-state index contributed by atoms with van der Waals surface area (Å²) in [6, 6.07) is 26.1. The van der Waals surface area contributed by atoms with Gasteiger partial charge in [0.1, 0.15) is 12.1 Å². The van der Waals surface area contributed by atoms with Gasteiger partial charge in [0.15, 0.2) is 0 Å². The van der Waals surface area contributed by atoms with Crippen molar-refractivity contribution in [2.75, 3.05) is 46.4 Å². The number of nitrogens with zero attached hydrogens (tertiary/aromatic N) is 2. The van der Waals surface area contributed by atoms with Crippen LogP contribution in [0.1, 0.15) is 27.9 Å². The van der Waals surface area contributed by atoms with Gasteiger partial charge in [-0.1, -0.05) is 84.4 Å². The van der Waals surface area contributed by atoms with Gasteiger partial charge in [0.05, 0.1) is 25.2 Å². The molecule has 1 aliphatic heterocycles. The third-order valence-corrected chi connectivity index (χ3v) is 9.53. The monoisotopic (exact) mass is 722 g/mol. The molecule has 270 valence electrons. The number of halogens is 1. The second kappa shape index (κ2) is 17.3. The topological polar surface area (TPSA) is 136 Å². The molecule has 4 N–H and O–H groups in total. The van der Waals surface area contributed by atoms with E-state index in [-0.39, 0.29) is 25.3 Å². The van der Waals surface area contributed by atoms with E-state index in [1.54, 1.807) is 30.3 Å². The van der Waals surface area contributed by atoms with Crippen LogP contribution >= 0.6 is 11.6 Å². The van der Waals surface area contributed by atoms with Crippen LogP contribution in [0.25, 0.3) is 21.7 Å². The number of carbonyl (C=O) groups excluding carboxylic acids is 4. The lowest BCUT2D eigenvalue weighted by Gasteiger charge is -2.27. The molecule has 4 amide bonds. The minimum Gasteiger partial charge on any atom is -0.379 e. The lowest BCUT2D eigenvalue weighted by molar-refractivity contribution is -0.136. The van der Waals surface area contributed by atoms with Crippen molar-refractivity contribution in [3.63, 3.8) is 0 Å². The fraction of sp³-hybridized carbons (Fsp3) is 0.300. The van der Waals surface area contributed by atoms with Gasteiger partial charge >= 0.3 is 0 Å². The van der Waals surface area contributed by atoms with Gasteiger partial charge in [0.2, 0.25) is 17.7 Å².